The van der Waals surface area contributed by atoms with Crippen LogP contribution in [0.25, 0.3) is 0 Å². The first-order valence-corrected chi connectivity index (χ1v) is 12.7. The van der Waals surface area contributed by atoms with Gasteiger partial charge >= 0.3 is 0 Å². The van der Waals surface area contributed by atoms with Gasteiger partial charge in [-0.05, 0) is 60.5 Å². The van der Waals surface area contributed by atoms with Gasteiger partial charge in [0.1, 0.15) is 5.75 Å². The van der Waals surface area contributed by atoms with Crippen LogP contribution < -0.4 is 19.7 Å². The zero-order valence-electron chi connectivity index (χ0n) is 19.3. The van der Waals surface area contributed by atoms with Gasteiger partial charge in [-0.25, -0.2) is 13.1 Å². The van der Waals surface area contributed by atoms with Crippen molar-refractivity contribution < 1.29 is 22.7 Å². The summed E-state index contributed by atoms with van der Waals surface area (Å²) in [4.78, 5) is 26.9. The minimum absolute atomic E-state index is 0.107. The van der Waals surface area contributed by atoms with Crippen molar-refractivity contribution in [2.45, 2.75) is 17.7 Å². The summed E-state index contributed by atoms with van der Waals surface area (Å²) >= 11 is 0. The van der Waals surface area contributed by atoms with Crippen LogP contribution >= 0.6 is 0 Å². The molecule has 2 N–H and O–H groups in total. The van der Waals surface area contributed by atoms with Crippen molar-refractivity contribution in [2.24, 2.45) is 5.92 Å². The summed E-state index contributed by atoms with van der Waals surface area (Å²) < 4.78 is 32.9. The maximum Gasteiger partial charge on any atom is 0.240 e. The molecule has 1 saturated heterocycles. The average Bonchev–Trinajstić information content (AvgIpc) is 3.27. The summed E-state index contributed by atoms with van der Waals surface area (Å²) in [6.45, 7) is 0.556. The Morgan fingerprint density at radius 3 is 2.34 bits per heavy atom. The fraction of sp³-hybridized carbons (Fsp3) is 0.231. The van der Waals surface area contributed by atoms with Crippen LogP contribution in [0.2, 0.25) is 0 Å². The molecule has 1 aliphatic rings. The molecule has 0 saturated carbocycles. The van der Waals surface area contributed by atoms with Crippen LogP contribution in [-0.4, -0.2) is 40.4 Å². The number of benzene rings is 3. The van der Waals surface area contributed by atoms with E-state index in [4.69, 9.17) is 4.74 Å². The maximum absolute atomic E-state index is 12.8. The molecule has 1 atom stereocenters. The van der Waals surface area contributed by atoms with Crippen LogP contribution in [0, 0.1) is 5.92 Å². The van der Waals surface area contributed by atoms with Crippen LogP contribution in [0.15, 0.2) is 83.8 Å². The van der Waals surface area contributed by atoms with Gasteiger partial charge in [0.15, 0.2) is 0 Å². The molecule has 0 radical (unpaired) electrons. The third kappa shape index (κ3) is 6.06. The lowest BCUT2D eigenvalue weighted by molar-refractivity contribution is -0.122. The Hall–Kier alpha value is -3.69. The maximum atomic E-state index is 12.8. The Labute approximate surface area is 205 Å². The monoisotopic (exact) mass is 493 g/mol. The Kier molecular flexibility index (Phi) is 7.48. The molecule has 4 rings (SSSR count). The molecule has 0 spiro atoms. The number of hydrogen-bond acceptors (Lipinski definition) is 5. The van der Waals surface area contributed by atoms with E-state index in [1.54, 1.807) is 48.4 Å². The SMILES string of the molecule is COc1ccc(N2C[C@@H](C(=O)Nc3ccc(S(=O)(=O)NCCc4ccccc4)cc3)CC2=O)cc1. The van der Waals surface area contributed by atoms with Crippen LogP contribution in [-0.2, 0) is 26.0 Å². The van der Waals surface area contributed by atoms with E-state index in [-0.39, 0.29) is 36.2 Å². The molecule has 1 aliphatic heterocycles. The molecule has 3 aromatic rings. The van der Waals surface area contributed by atoms with E-state index in [1.165, 1.54) is 12.1 Å². The number of nitrogens with zero attached hydrogens (tertiary/aromatic N) is 1. The van der Waals surface area contributed by atoms with Gasteiger partial charge in [0, 0.05) is 30.9 Å². The summed E-state index contributed by atoms with van der Waals surface area (Å²) in [6.07, 6.45) is 0.692. The first-order valence-electron chi connectivity index (χ1n) is 11.2. The molecule has 2 amide bonds. The highest BCUT2D eigenvalue weighted by molar-refractivity contribution is 7.89. The second kappa shape index (κ2) is 10.7. The number of amides is 2. The molecule has 1 fully saturated rings. The fourth-order valence-electron chi connectivity index (χ4n) is 3.91. The zero-order valence-corrected chi connectivity index (χ0v) is 20.1. The normalized spacial score (nSPS) is 15.7. The topological polar surface area (TPSA) is 105 Å². The number of hydrogen-bond donors (Lipinski definition) is 2. The first kappa shape index (κ1) is 24.4. The van der Waals surface area contributed by atoms with E-state index in [2.05, 4.69) is 10.0 Å². The molecular formula is C26H27N3O5S. The number of carbonyl (C=O) groups excluding carboxylic acids is 2. The van der Waals surface area contributed by atoms with Crippen LogP contribution in [0.5, 0.6) is 5.75 Å². The minimum atomic E-state index is -3.66. The van der Waals surface area contributed by atoms with Crippen LogP contribution in [0.3, 0.4) is 0 Å². The zero-order chi connectivity index (χ0) is 24.8. The number of nitrogens with one attached hydrogen (secondary N) is 2. The van der Waals surface area contributed by atoms with Crippen molar-refractivity contribution >= 4 is 33.2 Å². The van der Waals surface area contributed by atoms with Crippen molar-refractivity contribution in [3.8, 4) is 5.75 Å². The molecule has 35 heavy (non-hydrogen) atoms. The molecule has 182 valence electrons. The predicted octanol–water partition coefficient (Wildman–Crippen LogP) is 3.21. The molecule has 9 heteroatoms. The van der Waals surface area contributed by atoms with Crippen molar-refractivity contribution in [1.29, 1.82) is 0 Å². The van der Waals surface area contributed by atoms with Gasteiger partial charge in [0.25, 0.3) is 0 Å². The van der Waals surface area contributed by atoms with E-state index in [0.717, 1.165) is 5.56 Å². The van der Waals surface area contributed by atoms with Gasteiger partial charge in [0.2, 0.25) is 21.8 Å². The van der Waals surface area contributed by atoms with Crippen molar-refractivity contribution in [3.63, 3.8) is 0 Å². The van der Waals surface area contributed by atoms with Crippen molar-refractivity contribution in [2.75, 3.05) is 30.4 Å². The Morgan fingerprint density at radius 2 is 1.69 bits per heavy atom. The number of ether oxygens (including phenoxy) is 1. The van der Waals surface area contributed by atoms with Gasteiger partial charge in [-0.15, -0.1) is 0 Å². The van der Waals surface area contributed by atoms with Gasteiger partial charge in [-0.3, -0.25) is 9.59 Å². The number of rotatable bonds is 9. The molecule has 0 aliphatic carbocycles. The summed E-state index contributed by atoms with van der Waals surface area (Å²) in [6, 6.07) is 22.7. The Bertz CT molecular complexity index is 1280. The van der Waals surface area contributed by atoms with Crippen LogP contribution in [0.4, 0.5) is 11.4 Å². The molecular weight excluding hydrogens is 466 g/mol. The second-order valence-electron chi connectivity index (χ2n) is 8.25. The van der Waals surface area contributed by atoms with E-state index >= 15 is 0 Å². The largest absolute Gasteiger partial charge is 0.497 e. The number of methoxy groups -OCH3 is 1. The molecule has 1 heterocycles. The molecule has 8 nitrogen and oxygen atoms in total. The number of sulfonamides is 1. The van der Waals surface area contributed by atoms with E-state index < -0.39 is 15.9 Å². The van der Waals surface area contributed by atoms with Gasteiger partial charge in [-0.2, -0.15) is 0 Å². The average molecular weight is 494 g/mol. The number of anilines is 2. The molecule has 0 aromatic heterocycles. The fourth-order valence-corrected chi connectivity index (χ4v) is 4.95. The molecule has 3 aromatic carbocycles. The summed E-state index contributed by atoms with van der Waals surface area (Å²) in [5.41, 5.74) is 2.22. The third-order valence-corrected chi connectivity index (χ3v) is 7.34. The molecule has 0 unspecified atom stereocenters. The van der Waals surface area contributed by atoms with Gasteiger partial charge < -0.3 is 15.0 Å². The Morgan fingerprint density at radius 1 is 1.00 bits per heavy atom. The lowest BCUT2D eigenvalue weighted by atomic mass is 10.1. The second-order valence-corrected chi connectivity index (χ2v) is 10.0. The predicted molar refractivity (Wildman–Crippen MR) is 134 cm³/mol. The third-order valence-electron chi connectivity index (χ3n) is 5.86. The van der Waals surface area contributed by atoms with Crippen molar-refractivity contribution in [1.82, 2.24) is 4.72 Å². The highest BCUT2D eigenvalue weighted by Gasteiger charge is 2.35. The van der Waals surface area contributed by atoms with E-state index in [0.29, 0.717) is 23.5 Å². The summed E-state index contributed by atoms with van der Waals surface area (Å²) in [7, 11) is -2.09. The standard InChI is InChI=1S/C26H27N3O5S/c1-34-23-11-9-22(10-12-23)29-18-20(17-25(29)30)26(31)28-21-7-13-24(14-8-21)35(32,33)27-16-15-19-5-3-2-4-6-19/h2-14,20,27H,15-18H2,1H3,(H,28,31)/t20-/m0/s1. The minimum Gasteiger partial charge on any atom is -0.497 e. The lowest BCUT2D eigenvalue weighted by Gasteiger charge is -2.17. The quantitative estimate of drug-likeness (QED) is 0.476. The smallest absolute Gasteiger partial charge is 0.240 e. The lowest BCUT2D eigenvalue weighted by Crippen LogP contribution is -2.28. The molecule has 0 bridgehead atoms. The number of carbonyl (C=O) groups is 2. The van der Waals surface area contributed by atoms with Gasteiger partial charge in [-0.1, -0.05) is 30.3 Å². The highest BCUT2D eigenvalue weighted by Crippen LogP contribution is 2.27. The van der Waals surface area contributed by atoms with Crippen LogP contribution in [0.1, 0.15) is 12.0 Å². The van der Waals surface area contributed by atoms with Gasteiger partial charge in [0.05, 0.1) is 17.9 Å². The van der Waals surface area contributed by atoms with E-state index in [9.17, 15) is 18.0 Å². The Balaban J connectivity index is 1.32. The summed E-state index contributed by atoms with van der Waals surface area (Å²) in [5.74, 6) is -0.233. The van der Waals surface area contributed by atoms with E-state index in [1.807, 2.05) is 30.3 Å². The van der Waals surface area contributed by atoms with Crippen molar-refractivity contribution in [3.05, 3.63) is 84.4 Å². The highest BCUT2D eigenvalue weighted by atomic mass is 32.2. The first-order chi connectivity index (χ1) is 16.9. The summed E-state index contributed by atoms with van der Waals surface area (Å²) in [5, 5.41) is 2.78.